The summed E-state index contributed by atoms with van der Waals surface area (Å²) in [7, 11) is 0. The maximum absolute atomic E-state index is 13.3. The van der Waals surface area contributed by atoms with Crippen molar-refractivity contribution in [3.05, 3.63) is 102 Å². The molecule has 1 amide bonds. The van der Waals surface area contributed by atoms with Crippen LogP contribution in [0.1, 0.15) is 27.2 Å². The third-order valence-corrected chi connectivity index (χ3v) is 6.13. The first-order chi connectivity index (χ1) is 16.2. The maximum Gasteiger partial charge on any atom is 0.257 e. The Bertz CT molecular complexity index is 1240. The van der Waals surface area contributed by atoms with Crippen molar-refractivity contribution in [2.75, 3.05) is 26.2 Å². The molecule has 4 aromatic rings. The van der Waals surface area contributed by atoms with Crippen LogP contribution in [0.2, 0.25) is 0 Å². The number of nitrogens with zero attached hydrogens (tertiary/aromatic N) is 4. The second-order valence-corrected chi connectivity index (χ2v) is 8.49. The summed E-state index contributed by atoms with van der Waals surface area (Å²) in [6, 6.07) is 22.0. The van der Waals surface area contributed by atoms with Gasteiger partial charge in [0.1, 0.15) is 18.0 Å². The predicted molar refractivity (Wildman–Crippen MR) is 128 cm³/mol. The summed E-state index contributed by atoms with van der Waals surface area (Å²) in [4.78, 5) is 22.3. The molecule has 6 heteroatoms. The smallest absolute Gasteiger partial charge is 0.257 e. The largest absolute Gasteiger partial charge is 0.486 e. The van der Waals surface area contributed by atoms with Gasteiger partial charge in [-0.15, -0.1) is 0 Å². The molecule has 0 saturated carbocycles. The van der Waals surface area contributed by atoms with Crippen LogP contribution in [0.5, 0.6) is 5.75 Å². The van der Waals surface area contributed by atoms with E-state index in [1.54, 1.807) is 0 Å². The lowest BCUT2D eigenvalue weighted by Crippen LogP contribution is -2.48. The van der Waals surface area contributed by atoms with E-state index in [4.69, 9.17) is 4.74 Å². The predicted octanol–water partition coefficient (Wildman–Crippen LogP) is 4.18. The quantitative estimate of drug-likeness (QED) is 0.451. The monoisotopic (exact) mass is 440 g/mol. The number of pyridine rings is 1. The molecule has 2 aromatic carbocycles. The molecular formula is C27H28N4O2. The second kappa shape index (κ2) is 9.46. The molecule has 0 unspecified atom stereocenters. The van der Waals surface area contributed by atoms with Crippen molar-refractivity contribution < 1.29 is 9.53 Å². The molecule has 3 heterocycles. The van der Waals surface area contributed by atoms with Gasteiger partial charge < -0.3 is 14.0 Å². The van der Waals surface area contributed by atoms with Crippen LogP contribution in [-0.2, 0) is 13.2 Å². The van der Waals surface area contributed by atoms with Crippen molar-refractivity contribution in [2.45, 2.75) is 20.1 Å². The van der Waals surface area contributed by atoms with Crippen molar-refractivity contribution in [2.24, 2.45) is 0 Å². The number of benzene rings is 2. The Morgan fingerprint density at radius 2 is 1.70 bits per heavy atom. The van der Waals surface area contributed by atoms with Gasteiger partial charge >= 0.3 is 0 Å². The molecule has 0 N–H and O–H groups in total. The Hall–Kier alpha value is -3.64. The highest BCUT2D eigenvalue weighted by molar-refractivity contribution is 5.97. The minimum Gasteiger partial charge on any atom is -0.486 e. The average Bonchev–Trinajstić information content (AvgIpc) is 3.28. The van der Waals surface area contributed by atoms with E-state index in [0.29, 0.717) is 31.0 Å². The molecule has 2 aromatic heterocycles. The summed E-state index contributed by atoms with van der Waals surface area (Å²) >= 11 is 0. The zero-order valence-electron chi connectivity index (χ0n) is 18.9. The summed E-state index contributed by atoms with van der Waals surface area (Å²) in [6.45, 7) is 6.43. The summed E-state index contributed by atoms with van der Waals surface area (Å²) in [5.74, 6) is 0.624. The van der Waals surface area contributed by atoms with Crippen LogP contribution in [0.15, 0.2) is 79.1 Å². The van der Waals surface area contributed by atoms with Gasteiger partial charge in [0, 0.05) is 45.1 Å². The molecule has 33 heavy (non-hydrogen) atoms. The van der Waals surface area contributed by atoms with Crippen molar-refractivity contribution in [1.82, 2.24) is 19.2 Å². The van der Waals surface area contributed by atoms with Gasteiger partial charge in [0.15, 0.2) is 0 Å². The van der Waals surface area contributed by atoms with Crippen molar-refractivity contribution in [3.63, 3.8) is 0 Å². The van der Waals surface area contributed by atoms with Gasteiger partial charge in [0.25, 0.3) is 5.91 Å². The van der Waals surface area contributed by atoms with Crippen LogP contribution >= 0.6 is 0 Å². The SMILES string of the molecule is Cc1cccn2cc(COc3ccccc3C(=O)N3CCN(Cc4ccccc4)CC3)nc12. The molecule has 1 aliphatic rings. The number of amides is 1. The second-order valence-electron chi connectivity index (χ2n) is 8.49. The Kier molecular flexibility index (Phi) is 6.09. The number of fused-ring (bicyclic) bond motifs is 1. The van der Waals surface area contributed by atoms with Gasteiger partial charge in [0.05, 0.1) is 11.3 Å². The Balaban J connectivity index is 1.23. The fraction of sp³-hybridized carbons (Fsp3) is 0.259. The molecule has 1 aliphatic heterocycles. The van der Waals surface area contributed by atoms with Crippen LogP contribution in [0.25, 0.3) is 5.65 Å². The van der Waals surface area contributed by atoms with Gasteiger partial charge in [-0.2, -0.15) is 0 Å². The van der Waals surface area contributed by atoms with Crippen molar-refractivity contribution >= 4 is 11.6 Å². The van der Waals surface area contributed by atoms with Gasteiger partial charge in [0.2, 0.25) is 0 Å². The molecular weight excluding hydrogens is 412 g/mol. The van der Waals surface area contributed by atoms with E-state index < -0.39 is 0 Å². The fourth-order valence-corrected chi connectivity index (χ4v) is 4.32. The van der Waals surface area contributed by atoms with E-state index >= 15 is 0 Å². The molecule has 0 aliphatic carbocycles. The van der Waals surface area contributed by atoms with E-state index in [9.17, 15) is 4.79 Å². The maximum atomic E-state index is 13.3. The van der Waals surface area contributed by atoms with E-state index in [2.05, 4.69) is 34.1 Å². The zero-order valence-corrected chi connectivity index (χ0v) is 18.9. The number of aromatic nitrogens is 2. The first-order valence-electron chi connectivity index (χ1n) is 11.4. The Morgan fingerprint density at radius 3 is 2.48 bits per heavy atom. The summed E-state index contributed by atoms with van der Waals surface area (Å²) in [6.07, 6.45) is 3.95. The van der Waals surface area contributed by atoms with E-state index in [-0.39, 0.29) is 5.91 Å². The number of aryl methyl sites for hydroxylation is 1. The normalized spacial score (nSPS) is 14.5. The number of imidazole rings is 1. The third kappa shape index (κ3) is 4.76. The lowest BCUT2D eigenvalue weighted by Gasteiger charge is -2.35. The van der Waals surface area contributed by atoms with Crippen LogP contribution in [-0.4, -0.2) is 51.3 Å². The Morgan fingerprint density at radius 1 is 0.939 bits per heavy atom. The standard InChI is InChI=1S/C27H28N4O2/c1-21-8-7-13-31-19-23(28-26(21)31)20-33-25-12-6-5-11-24(25)27(32)30-16-14-29(15-17-30)18-22-9-3-2-4-10-22/h2-13,19H,14-18,20H2,1H3. The lowest BCUT2D eigenvalue weighted by molar-refractivity contribution is 0.0624. The number of piperazine rings is 1. The highest BCUT2D eigenvalue weighted by Gasteiger charge is 2.24. The summed E-state index contributed by atoms with van der Waals surface area (Å²) in [5, 5.41) is 0. The molecule has 0 spiro atoms. The number of hydrogen-bond acceptors (Lipinski definition) is 4. The highest BCUT2D eigenvalue weighted by atomic mass is 16.5. The fourth-order valence-electron chi connectivity index (χ4n) is 4.32. The first-order valence-corrected chi connectivity index (χ1v) is 11.4. The van der Waals surface area contributed by atoms with E-state index in [1.165, 1.54) is 5.56 Å². The van der Waals surface area contributed by atoms with Gasteiger partial charge in [-0.25, -0.2) is 4.98 Å². The third-order valence-electron chi connectivity index (χ3n) is 6.13. The highest BCUT2D eigenvalue weighted by Crippen LogP contribution is 2.22. The molecule has 1 fully saturated rings. The van der Waals surface area contributed by atoms with Gasteiger partial charge in [-0.05, 0) is 36.2 Å². The molecule has 0 atom stereocenters. The molecule has 168 valence electrons. The van der Waals surface area contributed by atoms with Crippen molar-refractivity contribution in [1.29, 1.82) is 0 Å². The number of rotatable bonds is 6. The topological polar surface area (TPSA) is 50.1 Å². The number of hydrogen-bond donors (Lipinski definition) is 0. The molecule has 0 radical (unpaired) electrons. The number of para-hydroxylation sites is 1. The van der Waals surface area contributed by atoms with Crippen LogP contribution in [0.4, 0.5) is 0 Å². The Labute approximate surface area is 194 Å². The summed E-state index contributed by atoms with van der Waals surface area (Å²) in [5.41, 5.74) is 4.78. The van der Waals surface area contributed by atoms with Crippen LogP contribution in [0, 0.1) is 6.92 Å². The number of carbonyl (C=O) groups excluding carboxylic acids is 1. The number of ether oxygens (including phenoxy) is 1. The van der Waals surface area contributed by atoms with Crippen LogP contribution < -0.4 is 4.74 Å². The first kappa shape index (κ1) is 21.2. The van der Waals surface area contributed by atoms with E-state index in [0.717, 1.165) is 36.5 Å². The van der Waals surface area contributed by atoms with E-state index in [1.807, 2.05) is 71.1 Å². The average molecular weight is 441 g/mol. The van der Waals surface area contributed by atoms with Crippen LogP contribution in [0.3, 0.4) is 0 Å². The van der Waals surface area contributed by atoms with Crippen molar-refractivity contribution in [3.8, 4) is 5.75 Å². The zero-order chi connectivity index (χ0) is 22.6. The molecule has 1 saturated heterocycles. The molecule has 0 bridgehead atoms. The van der Waals surface area contributed by atoms with Gasteiger partial charge in [-0.3, -0.25) is 9.69 Å². The minimum atomic E-state index is 0.0239. The molecule has 5 rings (SSSR count). The molecule has 6 nitrogen and oxygen atoms in total. The summed E-state index contributed by atoms with van der Waals surface area (Å²) < 4.78 is 8.07. The lowest BCUT2D eigenvalue weighted by atomic mass is 10.1. The minimum absolute atomic E-state index is 0.0239. The van der Waals surface area contributed by atoms with Gasteiger partial charge in [-0.1, -0.05) is 48.5 Å². The number of carbonyl (C=O) groups is 1.